The van der Waals surface area contributed by atoms with E-state index >= 15 is 0 Å². The van der Waals surface area contributed by atoms with Crippen LogP contribution in [0.5, 0.6) is 11.5 Å². The molecule has 0 radical (unpaired) electrons. The van der Waals surface area contributed by atoms with Crippen molar-refractivity contribution in [2.45, 2.75) is 30.7 Å². The second-order valence-corrected chi connectivity index (χ2v) is 10.0. The van der Waals surface area contributed by atoms with Gasteiger partial charge in [-0.25, -0.2) is 12.8 Å². The summed E-state index contributed by atoms with van der Waals surface area (Å²) < 4.78 is 52.7. The molecule has 0 spiro atoms. The Morgan fingerprint density at radius 3 is 2.57 bits per heavy atom. The van der Waals surface area contributed by atoms with Gasteiger partial charge in [-0.3, -0.25) is 9.52 Å². The molecule has 3 aromatic carbocycles. The van der Waals surface area contributed by atoms with E-state index in [1.165, 1.54) is 18.2 Å². The number of hydrogen-bond acceptors (Lipinski definition) is 5. The van der Waals surface area contributed by atoms with Gasteiger partial charge in [0, 0.05) is 29.4 Å². The van der Waals surface area contributed by atoms with Crippen LogP contribution < -0.4 is 14.2 Å². The third-order valence-electron chi connectivity index (χ3n) is 6.13. The van der Waals surface area contributed by atoms with Crippen LogP contribution in [0.15, 0.2) is 65.6 Å². The van der Waals surface area contributed by atoms with Crippen LogP contribution in [0.25, 0.3) is 0 Å². The molecule has 1 aliphatic rings. The van der Waals surface area contributed by atoms with Crippen LogP contribution in [0.2, 0.25) is 0 Å². The van der Waals surface area contributed by atoms with Gasteiger partial charge in [-0.2, -0.15) is 0 Å². The number of sulfonamides is 1. The molecule has 184 valence electrons. The number of nitrogens with one attached hydrogen (secondary N) is 1. The van der Waals surface area contributed by atoms with Crippen molar-refractivity contribution >= 4 is 21.6 Å². The maximum atomic E-state index is 13.9. The second-order valence-electron chi connectivity index (χ2n) is 8.36. The van der Waals surface area contributed by atoms with Gasteiger partial charge in [0.05, 0.1) is 25.2 Å². The van der Waals surface area contributed by atoms with Crippen LogP contribution in [0, 0.1) is 12.7 Å². The van der Waals surface area contributed by atoms with Crippen molar-refractivity contribution in [2.75, 3.05) is 25.5 Å². The van der Waals surface area contributed by atoms with E-state index in [-0.39, 0.29) is 22.5 Å². The maximum Gasteiger partial charge on any atom is 0.261 e. The highest BCUT2D eigenvalue weighted by Crippen LogP contribution is 2.39. The van der Waals surface area contributed by atoms with E-state index in [9.17, 15) is 17.6 Å². The number of carbonyl (C=O) groups excluding carboxylic acids is 1. The van der Waals surface area contributed by atoms with Gasteiger partial charge in [0.1, 0.15) is 17.3 Å². The van der Waals surface area contributed by atoms with Gasteiger partial charge in [0.2, 0.25) is 0 Å². The summed E-state index contributed by atoms with van der Waals surface area (Å²) >= 11 is 0. The number of likely N-dealkylation sites (tertiary alicyclic amines) is 1. The molecule has 7 nitrogen and oxygen atoms in total. The Bertz CT molecular complexity index is 1360. The Morgan fingerprint density at radius 2 is 1.86 bits per heavy atom. The summed E-state index contributed by atoms with van der Waals surface area (Å²) in [6.07, 6.45) is 1.61. The molecular weight excluding hydrogens is 471 g/mol. The number of carbonyl (C=O) groups is 1. The molecule has 0 bridgehead atoms. The lowest BCUT2D eigenvalue weighted by Gasteiger charge is -2.27. The normalized spacial score (nSPS) is 15.7. The number of hydrogen-bond donors (Lipinski definition) is 1. The number of methoxy groups -OCH3 is 2. The zero-order valence-electron chi connectivity index (χ0n) is 19.7. The molecule has 1 amide bonds. The van der Waals surface area contributed by atoms with Crippen molar-refractivity contribution in [1.29, 1.82) is 0 Å². The van der Waals surface area contributed by atoms with Gasteiger partial charge < -0.3 is 14.4 Å². The van der Waals surface area contributed by atoms with Gasteiger partial charge in [0.15, 0.2) is 0 Å². The highest BCUT2D eigenvalue weighted by molar-refractivity contribution is 7.92. The molecule has 0 aliphatic carbocycles. The molecule has 1 N–H and O–H groups in total. The first-order chi connectivity index (χ1) is 16.7. The highest BCUT2D eigenvalue weighted by Gasteiger charge is 2.32. The van der Waals surface area contributed by atoms with E-state index in [2.05, 4.69) is 4.72 Å². The number of halogens is 1. The molecule has 1 unspecified atom stereocenters. The largest absolute Gasteiger partial charge is 0.497 e. The van der Waals surface area contributed by atoms with E-state index in [1.54, 1.807) is 50.3 Å². The van der Waals surface area contributed by atoms with Crippen molar-refractivity contribution in [3.8, 4) is 11.5 Å². The fourth-order valence-electron chi connectivity index (χ4n) is 4.26. The minimum atomic E-state index is -4.03. The number of aryl methyl sites for hydroxylation is 1. The summed E-state index contributed by atoms with van der Waals surface area (Å²) in [5.41, 5.74) is 1.80. The Kier molecular flexibility index (Phi) is 6.98. The second kappa shape index (κ2) is 9.95. The fraction of sp³-hybridized carbons (Fsp3) is 0.269. The first-order valence-corrected chi connectivity index (χ1v) is 12.6. The van der Waals surface area contributed by atoms with Crippen molar-refractivity contribution in [3.05, 3.63) is 83.2 Å². The number of benzene rings is 3. The average molecular weight is 499 g/mol. The molecule has 1 saturated heterocycles. The van der Waals surface area contributed by atoms with E-state index in [0.29, 0.717) is 29.2 Å². The summed E-state index contributed by atoms with van der Waals surface area (Å²) in [6, 6.07) is 15.4. The number of anilines is 1. The molecule has 1 fully saturated rings. The summed E-state index contributed by atoms with van der Waals surface area (Å²) in [6.45, 7) is 2.12. The van der Waals surface area contributed by atoms with Gasteiger partial charge in [0.25, 0.3) is 15.9 Å². The molecule has 9 heteroatoms. The van der Waals surface area contributed by atoms with Crippen molar-refractivity contribution in [3.63, 3.8) is 0 Å². The lowest BCUT2D eigenvalue weighted by Crippen LogP contribution is -2.30. The number of amides is 1. The molecule has 0 saturated carbocycles. The summed E-state index contributed by atoms with van der Waals surface area (Å²) in [5.74, 6) is 0.481. The van der Waals surface area contributed by atoms with Crippen LogP contribution in [-0.2, 0) is 10.0 Å². The summed E-state index contributed by atoms with van der Waals surface area (Å²) in [7, 11) is -0.869. The van der Waals surface area contributed by atoms with Crippen LogP contribution in [0.3, 0.4) is 0 Å². The predicted octanol–water partition coefficient (Wildman–Crippen LogP) is 4.93. The Morgan fingerprint density at radius 1 is 1.06 bits per heavy atom. The zero-order chi connectivity index (χ0) is 25.2. The maximum absolute atomic E-state index is 13.9. The third kappa shape index (κ3) is 5.09. The molecule has 4 rings (SSSR count). The number of ether oxygens (including phenoxy) is 2. The highest BCUT2D eigenvalue weighted by atomic mass is 32.2. The van der Waals surface area contributed by atoms with Gasteiger partial charge in [-0.15, -0.1) is 0 Å². The lowest BCUT2D eigenvalue weighted by molar-refractivity contribution is 0.0734. The smallest absolute Gasteiger partial charge is 0.261 e. The predicted molar refractivity (Wildman–Crippen MR) is 131 cm³/mol. The number of nitrogens with zero attached hydrogens (tertiary/aromatic N) is 1. The minimum Gasteiger partial charge on any atom is -0.497 e. The molecule has 1 atom stereocenters. The molecular formula is C26H27FN2O5S. The van der Waals surface area contributed by atoms with Crippen LogP contribution in [0.1, 0.15) is 40.4 Å². The first kappa shape index (κ1) is 24.5. The van der Waals surface area contributed by atoms with Crippen molar-refractivity contribution in [1.82, 2.24) is 4.90 Å². The van der Waals surface area contributed by atoms with E-state index in [0.717, 1.165) is 24.5 Å². The van der Waals surface area contributed by atoms with Crippen LogP contribution >= 0.6 is 0 Å². The quantitative estimate of drug-likeness (QED) is 0.499. The summed E-state index contributed by atoms with van der Waals surface area (Å²) in [5, 5.41) is 0. The first-order valence-electron chi connectivity index (χ1n) is 11.2. The lowest BCUT2D eigenvalue weighted by atomic mass is 10.0. The average Bonchev–Trinajstić information content (AvgIpc) is 3.34. The number of rotatable bonds is 7. The molecule has 0 aromatic heterocycles. The SMILES string of the molecule is COc1ccc(C2CCCN2C(=O)c2cccc(NS(=O)(=O)c3ccc(C)c(F)c3)c2)c(OC)c1. The Hall–Kier alpha value is -3.59. The van der Waals surface area contributed by atoms with E-state index in [1.807, 2.05) is 12.1 Å². The van der Waals surface area contributed by atoms with Crippen LogP contribution in [0.4, 0.5) is 10.1 Å². The fourth-order valence-corrected chi connectivity index (χ4v) is 5.32. The molecule has 1 aliphatic heterocycles. The topological polar surface area (TPSA) is 84.9 Å². The monoisotopic (exact) mass is 498 g/mol. The van der Waals surface area contributed by atoms with E-state index in [4.69, 9.17) is 9.47 Å². The van der Waals surface area contributed by atoms with Gasteiger partial charge in [-0.1, -0.05) is 12.1 Å². The van der Waals surface area contributed by atoms with Crippen molar-refractivity contribution < 1.29 is 27.1 Å². The Balaban J connectivity index is 1.58. The third-order valence-corrected chi connectivity index (χ3v) is 7.51. The zero-order valence-corrected chi connectivity index (χ0v) is 20.6. The van der Waals surface area contributed by atoms with Gasteiger partial charge >= 0.3 is 0 Å². The Labute approximate surface area is 204 Å². The molecule has 35 heavy (non-hydrogen) atoms. The van der Waals surface area contributed by atoms with Crippen molar-refractivity contribution in [2.24, 2.45) is 0 Å². The standard InChI is InChI=1S/C26H27FN2O5S/c1-17-9-11-21(16-23(17)27)35(31,32)28-19-7-4-6-18(14-19)26(30)29-13-5-8-24(29)22-12-10-20(33-2)15-25(22)34-3/h4,6-7,9-12,14-16,24,28H,5,8,13H2,1-3H3. The minimum absolute atomic E-state index is 0.181. The van der Waals surface area contributed by atoms with Gasteiger partial charge in [-0.05, 0) is 67.8 Å². The molecule has 1 heterocycles. The van der Waals surface area contributed by atoms with E-state index < -0.39 is 15.8 Å². The van der Waals surface area contributed by atoms with Crippen LogP contribution in [-0.4, -0.2) is 40.0 Å². The molecule has 3 aromatic rings. The summed E-state index contributed by atoms with van der Waals surface area (Å²) in [4.78, 5) is 15.0.